The Morgan fingerprint density at radius 2 is 1.81 bits per heavy atom. The number of nitrogens with zero attached hydrogens (tertiary/aromatic N) is 3. The Bertz CT molecular complexity index is 1100. The first-order valence-electron chi connectivity index (χ1n) is 9.40. The van der Waals surface area contributed by atoms with Gasteiger partial charge in [0.1, 0.15) is 35.5 Å². The summed E-state index contributed by atoms with van der Waals surface area (Å²) in [6.45, 7) is -0.518. The van der Waals surface area contributed by atoms with Gasteiger partial charge in [-0.2, -0.15) is 0 Å². The van der Waals surface area contributed by atoms with Crippen LogP contribution in [0.3, 0.4) is 0 Å². The molecule has 0 aliphatic carbocycles. The lowest BCUT2D eigenvalue weighted by molar-refractivity contribution is -0.178. The van der Waals surface area contributed by atoms with Crippen molar-refractivity contribution >= 4 is 27.7 Å². The van der Waals surface area contributed by atoms with Crippen molar-refractivity contribution in [3.63, 3.8) is 0 Å². The Morgan fingerprint density at radius 1 is 1.09 bits per heavy atom. The van der Waals surface area contributed by atoms with E-state index >= 15 is 0 Å². The Morgan fingerprint density at radius 3 is 2.47 bits per heavy atom. The summed E-state index contributed by atoms with van der Waals surface area (Å²) in [5, 5.41) is 39.0. The molecular weight excluding hydrogens is 515 g/mol. The zero-order valence-electron chi connectivity index (χ0n) is 16.1. The minimum atomic E-state index is -1.60. The highest BCUT2D eigenvalue weighted by Crippen LogP contribution is 2.38. The summed E-state index contributed by atoms with van der Waals surface area (Å²) < 4.78 is 48.1. The van der Waals surface area contributed by atoms with Crippen LogP contribution in [0.5, 0.6) is 0 Å². The molecule has 2 unspecified atom stereocenters. The van der Waals surface area contributed by atoms with Crippen molar-refractivity contribution in [2.24, 2.45) is 0 Å². The molecule has 0 saturated carbocycles. The van der Waals surface area contributed by atoms with Gasteiger partial charge in [-0.15, -0.1) is 5.10 Å². The number of aromatic nitrogens is 3. The predicted molar refractivity (Wildman–Crippen MR) is 112 cm³/mol. The highest BCUT2D eigenvalue weighted by atomic mass is 79.9. The van der Waals surface area contributed by atoms with Gasteiger partial charge in [0.15, 0.2) is 17.5 Å². The molecule has 0 spiro atoms. The van der Waals surface area contributed by atoms with Crippen LogP contribution >= 0.6 is 27.7 Å². The number of thioether (sulfide) groups is 1. The monoisotopic (exact) mass is 531 g/mol. The van der Waals surface area contributed by atoms with Gasteiger partial charge in [-0.3, -0.25) is 0 Å². The normalized spacial score (nSPS) is 25.8. The molecule has 0 bridgehead atoms. The van der Waals surface area contributed by atoms with Crippen molar-refractivity contribution < 1.29 is 33.2 Å². The highest BCUT2D eigenvalue weighted by Gasteiger charge is 2.46. The molecule has 5 atom stereocenters. The fourth-order valence-electron chi connectivity index (χ4n) is 3.41. The third-order valence-corrected chi connectivity index (χ3v) is 6.63. The Hall–Kier alpha value is -1.96. The molecule has 4 rings (SSSR count). The van der Waals surface area contributed by atoms with Gasteiger partial charge in [-0.25, -0.2) is 17.9 Å². The van der Waals surface area contributed by atoms with Crippen LogP contribution in [0.25, 0.3) is 11.3 Å². The summed E-state index contributed by atoms with van der Waals surface area (Å²) in [6, 6.07) is 7.73. The molecule has 3 aromatic rings. The molecule has 2 aromatic carbocycles. The van der Waals surface area contributed by atoms with E-state index in [0.717, 1.165) is 26.2 Å². The van der Waals surface area contributed by atoms with Gasteiger partial charge in [-0.1, -0.05) is 39.0 Å². The van der Waals surface area contributed by atoms with Crippen LogP contribution in [-0.2, 0) is 4.74 Å². The van der Waals surface area contributed by atoms with E-state index < -0.39 is 53.8 Å². The van der Waals surface area contributed by atoms with Gasteiger partial charge < -0.3 is 20.1 Å². The average Bonchev–Trinajstić information content (AvgIpc) is 3.23. The topological polar surface area (TPSA) is 101 Å². The summed E-state index contributed by atoms with van der Waals surface area (Å²) in [4.78, 5) is 0.770. The molecule has 170 valence electrons. The molecule has 0 radical (unpaired) electrons. The average molecular weight is 532 g/mol. The number of rotatable bonds is 5. The summed E-state index contributed by atoms with van der Waals surface area (Å²) in [6.07, 6.45) is -2.40. The number of hydrogen-bond acceptors (Lipinski definition) is 7. The summed E-state index contributed by atoms with van der Waals surface area (Å²) in [5.74, 6) is -4.37. The summed E-state index contributed by atoms with van der Waals surface area (Å²) >= 11 is 4.56. The lowest BCUT2D eigenvalue weighted by Gasteiger charge is -2.41. The lowest BCUT2D eigenvalue weighted by Crippen LogP contribution is -2.55. The largest absolute Gasteiger partial charge is 0.394 e. The zero-order chi connectivity index (χ0) is 23.0. The number of benzene rings is 2. The van der Waals surface area contributed by atoms with Gasteiger partial charge in [0.25, 0.3) is 0 Å². The van der Waals surface area contributed by atoms with E-state index in [4.69, 9.17) is 4.74 Å². The van der Waals surface area contributed by atoms with E-state index in [9.17, 15) is 28.5 Å². The predicted octanol–water partition coefficient (Wildman–Crippen LogP) is 2.90. The molecule has 1 aliphatic rings. The molecule has 2 heterocycles. The maximum absolute atomic E-state index is 13.6. The number of aliphatic hydroxyl groups is 3. The van der Waals surface area contributed by atoms with Crippen molar-refractivity contribution in [3.8, 4) is 11.3 Å². The second-order valence-electron chi connectivity index (χ2n) is 7.11. The third-order valence-electron chi connectivity index (χ3n) is 4.99. The minimum Gasteiger partial charge on any atom is -0.394 e. The molecular formula is C20H17BrF3N3O4S. The van der Waals surface area contributed by atoms with Crippen LogP contribution in [0.2, 0.25) is 0 Å². The second kappa shape index (κ2) is 9.49. The van der Waals surface area contributed by atoms with E-state index in [2.05, 4.69) is 26.2 Å². The Kier molecular flexibility index (Phi) is 6.89. The van der Waals surface area contributed by atoms with E-state index in [1.54, 1.807) is 0 Å². The number of ether oxygens (including phenoxy) is 1. The van der Waals surface area contributed by atoms with Crippen molar-refractivity contribution in [3.05, 3.63) is 64.5 Å². The summed E-state index contributed by atoms with van der Waals surface area (Å²) in [7, 11) is 0. The van der Waals surface area contributed by atoms with Gasteiger partial charge in [0.05, 0.1) is 12.8 Å². The Balaban J connectivity index is 1.64. The first kappa shape index (κ1) is 23.2. The van der Waals surface area contributed by atoms with Gasteiger partial charge in [0.2, 0.25) is 0 Å². The maximum Gasteiger partial charge on any atom is 0.194 e. The van der Waals surface area contributed by atoms with Crippen molar-refractivity contribution in [1.29, 1.82) is 0 Å². The van der Waals surface area contributed by atoms with Crippen LogP contribution < -0.4 is 0 Å². The molecule has 12 heteroatoms. The molecule has 1 fully saturated rings. The fraction of sp³-hybridized carbons (Fsp3) is 0.300. The van der Waals surface area contributed by atoms with E-state index in [0.29, 0.717) is 0 Å². The van der Waals surface area contributed by atoms with Crippen LogP contribution in [0.15, 0.2) is 52.0 Å². The first-order chi connectivity index (χ1) is 15.3. The van der Waals surface area contributed by atoms with E-state index in [1.165, 1.54) is 18.0 Å². The molecule has 1 saturated heterocycles. The zero-order valence-corrected chi connectivity index (χ0v) is 18.5. The SMILES string of the molecule is OCC1O[C@H](Sc2cccc(Br)c2)C(O)[C@@H](n2cc(-c3cc(F)c(F)c(F)c3)nn2)[C@H]1O. The molecule has 3 N–H and O–H groups in total. The highest BCUT2D eigenvalue weighted by molar-refractivity contribution is 9.10. The van der Waals surface area contributed by atoms with Crippen molar-refractivity contribution in [1.82, 2.24) is 15.0 Å². The second-order valence-corrected chi connectivity index (χ2v) is 9.20. The Labute approximate surface area is 193 Å². The number of hydrogen-bond donors (Lipinski definition) is 3. The van der Waals surface area contributed by atoms with E-state index in [-0.39, 0.29) is 11.3 Å². The van der Waals surface area contributed by atoms with Gasteiger partial charge >= 0.3 is 0 Å². The first-order valence-corrected chi connectivity index (χ1v) is 11.1. The van der Waals surface area contributed by atoms with Crippen LogP contribution in [0, 0.1) is 17.5 Å². The van der Waals surface area contributed by atoms with E-state index in [1.807, 2.05) is 24.3 Å². The molecule has 32 heavy (non-hydrogen) atoms. The molecule has 1 aromatic heterocycles. The smallest absolute Gasteiger partial charge is 0.194 e. The third kappa shape index (κ3) is 4.56. The maximum atomic E-state index is 13.6. The lowest BCUT2D eigenvalue weighted by atomic mass is 9.97. The quantitative estimate of drug-likeness (QED) is 0.435. The fourth-order valence-corrected chi connectivity index (χ4v) is 5.08. The van der Waals surface area contributed by atoms with Gasteiger partial charge in [-0.05, 0) is 30.3 Å². The summed E-state index contributed by atoms with van der Waals surface area (Å²) in [5.41, 5.74) is -0.934. The number of halogens is 4. The molecule has 7 nitrogen and oxygen atoms in total. The minimum absolute atomic E-state index is 0.00503. The van der Waals surface area contributed by atoms with Crippen molar-refractivity contribution in [2.75, 3.05) is 6.61 Å². The van der Waals surface area contributed by atoms with Crippen LogP contribution in [0.1, 0.15) is 6.04 Å². The molecule has 1 aliphatic heterocycles. The number of aliphatic hydroxyl groups excluding tert-OH is 3. The van der Waals surface area contributed by atoms with Crippen molar-refractivity contribution in [2.45, 2.75) is 34.7 Å². The van der Waals surface area contributed by atoms with Gasteiger partial charge in [0, 0.05) is 14.9 Å². The van der Waals surface area contributed by atoms with Crippen LogP contribution in [0.4, 0.5) is 13.2 Å². The standard InChI is InChI=1S/C20H17BrF3N3O4S/c21-10-2-1-3-11(6-10)32-20-19(30)17(18(29)15(8-28)31-20)27-7-14(25-26-27)9-4-12(22)16(24)13(23)5-9/h1-7,15,17-20,28-30H,8H2/t15?,17-,18-,19?,20+/m0/s1. The molecule has 0 amide bonds. The van der Waals surface area contributed by atoms with Crippen LogP contribution in [-0.4, -0.2) is 60.7 Å².